The third-order valence-corrected chi connectivity index (χ3v) is 3.00. The monoisotopic (exact) mass is 321 g/mol. The van der Waals surface area contributed by atoms with Gasteiger partial charge in [0.2, 0.25) is 0 Å². The predicted octanol–water partition coefficient (Wildman–Crippen LogP) is 2.43. The van der Waals surface area contributed by atoms with Gasteiger partial charge >= 0.3 is 0 Å². The Balaban J connectivity index is 2.64. The van der Waals surface area contributed by atoms with E-state index < -0.39 is 6.10 Å². The molecule has 23 heavy (non-hydrogen) atoms. The van der Waals surface area contributed by atoms with Crippen molar-refractivity contribution in [3.05, 3.63) is 29.8 Å². The number of methoxy groups -OCH3 is 1. The van der Waals surface area contributed by atoms with Crippen molar-refractivity contribution >= 4 is 11.9 Å². The molecule has 5 nitrogen and oxygen atoms in total. The summed E-state index contributed by atoms with van der Waals surface area (Å²) >= 11 is 0. The summed E-state index contributed by atoms with van der Waals surface area (Å²) in [6.45, 7) is 8.23. The van der Waals surface area contributed by atoms with Crippen molar-refractivity contribution < 1.29 is 19.4 Å². The Hall–Kier alpha value is -1.85. The van der Waals surface area contributed by atoms with Gasteiger partial charge in [-0.15, -0.1) is 0 Å². The molecular weight excluding hydrogens is 294 g/mol. The number of aliphatic hydroxyl groups excluding tert-OH is 1. The van der Waals surface area contributed by atoms with Gasteiger partial charge in [-0.3, -0.25) is 4.79 Å². The van der Waals surface area contributed by atoms with Crippen LogP contribution in [-0.4, -0.2) is 42.8 Å². The zero-order chi connectivity index (χ0) is 17.5. The van der Waals surface area contributed by atoms with E-state index in [0.29, 0.717) is 18.0 Å². The zero-order valence-corrected chi connectivity index (χ0v) is 14.6. The number of allylic oxidation sites excluding steroid dienone is 1. The maximum Gasteiger partial charge on any atom is 0.161 e. The first-order chi connectivity index (χ1) is 10.7. The van der Waals surface area contributed by atoms with Crippen LogP contribution in [0.25, 0.3) is 6.08 Å². The molecule has 0 saturated heterocycles. The van der Waals surface area contributed by atoms with Gasteiger partial charge in [0.15, 0.2) is 17.3 Å². The van der Waals surface area contributed by atoms with E-state index in [-0.39, 0.29) is 17.9 Å². The summed E-state index contributed by atoms with van der Waals surface area (Å²) in [6.07, 6.45) is 2.60. The lowest BCUT2D eigenvalue weighted by Gasteiger charge is -2.23. The standard InChI is InChI=1S/C18H27NO4/c1-13(20)6-7-14-8-9-16(17(10-14)22-5)23-12-15(21)11-19-18(2,3)4/h6-10,15,19,21H,11-12H2,1-5H3/b7-6+/t15-/m0/s1. The van der Waals surface area contributed by atoms with Gasteiger partial charge in [0.1, 0.15) is 12.7 Å². The predicted molar refractivity (Wildman–Crippen MR) is 92.0 cm³/mol. The maximum atomic E-state index is 11.0. The van der Waals surface area contributed by atoms with E-state index in [1.54, 1.807) is 25.3 Å². The number of benzene rings is 1. The molecule has 0 saturated carbocycles. The molecule has 1 atom stereocenters. The summed E-state index contributed by atoms with van der Waals surface area (Å²) < 4.78 is 10.9. The average molecular weight is 321 g/mol. The smallest absolute Gasteiger partial charge is 0.161 e. The van der Waals surface area contributed by atoms with Gasteiger partial charge in [-0.1, -0.05) is 12.1 Å². The van der Waals surface area contributed by atoms with Crippen molar-refractivity contribution in [2.24, 2.45) is 0 Å². The molecular formula is C18H27NO4. The van der Waals surface area contributed by atoms with E-state index in [1.807, 2.05) is 26.8 Å². The molecule has 0 radical (unpaired) electrons. The average Bonchev–Trinajstić information content (AvgIpc) is 2.48. The topological polar surface area (TPSA) is 67.8 Å². The van der Waals surface area contributed by atoms with Crippen LogP contribution >= 0.6 is 0 Å². The molecule has 1 rings (SSSR count). The highest BCUT2D eigenvalue weighted by atomic mass is 16.5. The molecule has 0 bridgehead atoms. The van der Waals surface area contributed by atoms with Crippen molar-refractivity contribution in [2.75, 3.05) is 20.3 Å². The third-order valence-electron chi connectivity index (χ3n) is 3.00. The number of β-amino-alcohol motifs (C(OH)–C–C–N with tert-alkyl or cyclic N) is 1. The number of hydrogen-bond acceptors (Lipinski definition) is 5. The Labute approximate surface area is 138 Å². The molecule has 0 aliphatic heterocycles. The quantitative estimate of drug-likeness (QED) is 0.720. The Bertz CT molecular complexity index is 546. The second kappa shape index (κ2) is 8.70. The molecule has 1 aromatic carbocycles. The van der Waals surface area contributed by atoms with E-state index >= 15 is 0 Å². The minimum Gasteiger partial charge on any atom is -0.493 e. The van der Waals surface area contributed by atoms with E-state index in [4.69, 9.17) is 9.47 Å². The van der Waals surface area contributed by atoms with Crippen LogP contribution in [0.3, 0.4) is 0 Å². The number of nitrogens with one attached hydrogen (secondary N) is 1. The summed E-state index contributed by atoms with van der Waals surface area (Å²) in [7, 11) is 1.55. The Kier molecular flexibility index (Phi) is 7.26. The normalized spacial score (nSPS) is 13.1. The van der Waals surface area contributed by atoms with Gasteiger partial charge in [0.25, 0.3) is 0 Å². The number of aliphatic hydroxyl groups is 1. The molecule has 0 fully saturated rings. The van der Waals surface area contributed by atoms with Gasteiger partial charge in [-0.25, -0.2) is 0 Å². The van der Waals surface area contributed by atoms with Gasteiger partial charge in [0.05, 0.1) is 7.11 Å². The van der Waals surface area contributed by atoms with Crippen LogP contribution in [0.15, 0.2) is 24.3 Å². The lowest BCUT2D eigenvalue weighted by atomic mass is 10.1. The Morgan fingerprint density at radius 1 is 1.35 bits per heavy atom. The highest BCUT2D eigenvalue weighted by molar-refractivity contribution is 5.91. The molecule has 1 aromatic rings. The van der Waals surface area contributed by atoms with Crippen LogP contribution in [0.1, 0.15) is 33.3 Å². The largest absolute Gasteiger partial charge is 0.493 e. The molecule has 5 heteroatoms. The Morgan fingerprint density at radius 2 is 2.04 bits per heavy atom. The summed E-state index contributed by atoms with van der Waals surface area (Å²) in [5.74, 6) is 1.10. The van der Waals surface area contributed by atoms with Crippen molar-refractivity contribution in [1.82, 2.24) is 5.32 Å². The van der Waals surface area contributed by atoms with Crippen molar-refractivity contribution in [3.63, 3.8) is 0 Å². The molecule has 2 N–H and O–H groups in total. The summed E-state index contributed by atoms with van der Waals surface area (Å²) in [6, 6.07) is 5.38. The highest BCUT2D eigenvalue weighted by Gasteiger charge is 2.13. The second-order valence-electron chi connectivity index (χ2n) is 6.45. The Morgan fingerprint density at radius 3 is 2.61 bits per heavy atom. The van der Waals surface area contributed by atoms with Crippen molar-refractivity contribution in [1.29, 1.82) is 0 Å². The minimum atomic E-state index is -0.615. The molecule has 128 valence electrons. The van der Waals surface area contributed by atoms with Gasteiger partial charge in [-0.05, 0) is 51.5 Å². The fourth-order valence-electron chi connectivity index (χ4n) is 1.79. The number of rotatable bonds is 8. The van der Waals surface area contributed by atoms with E-state index in [9.17, 15) is 9.90 Å². The van der Waals surface area contributed by atoms with Crippen LogP contribution in [0, 0.1) is 0 Å². The van der Waals surface area contributed by atoms with E-state index in [1.165, 1.54) is 13.0 Å². The van der Waals surface area contributed by atoms with Gasteiger partial charge in [0, 0.05) is 12.1 Å². The lowest BCUT2D eigenvalue weighted by molar-refractivity contribution is -0.112. The maximum absolute atomic E-state index is 11.0. The zero-order valence-electron chi connectivity index (χ0n) is 14.6. The molecule has 0 amide bonds. The van der Waals surface area contributed by atoms with E-state index in [0.717, 1.165) is 5.56 Å². The van der Waals surface area contributed by atoms with Gasteiger partial charge < -0.3 is 19.9 Å². The fraction of sp³-hybridized carbons (Fsp3) is 0.500. The first-order valence-electron chi connectivity index (χ1n) is 7.64. The first-order valence-corrected chi connectivity index (χ1v) is 7.64. The number of ether oxygens (including phenoxy) is 2. The molecule has 0 aliphatic carbocycles. The SMILES string of the molecule is COc1cc(/C=C/C(C)=O)ccc1OC[C@@H](O)CNC(C)(C)C. The van der Waals surface area contributed by atoms with Gasteiger partial charge in [-0.2, -0.15) is 0 Å². The second-order valence-corrected chi connectivity index (χ2v) is 6.45. The summed E-state index contributed by atoms with van der Waals surface area (Å²) in [4.78, 5) is 11.0. The fourth-order valence-corrected chi connectivity index (χ4v) is 1.79. The van der Waals surface area contributed by atoms with E-state index in [2.05, 4.69) is 5.32 Å². The van der Waals surface area contributed by atoms with Crippen LogP contribution in [0.2, 0.25) is 0 Å². The molecule has 0 aliphatic rings. The third kappa shape index (κ3) is 7.81. The molecule has 0 heterocycles. The van der Waals surface area contributed by atoms with Crippen molar-refractivity contribution in [2.45, 2.75) is 39.3 Å². The van der Waals surface area contributed by atoms with Crippen LogP contribution in [0.5, 0.6) is 11.5 Å². The van der Waals surface area contributed by atoms with Crippen LogP contribution in [0.4, 0.5) is 0 Å². The van der Waals surface area contributed by atoms with Crippen molar-refractivity contribution in [3.8, 4) is 11.5 Å². The highest BCUT2D eigenvalue weighted by Crippen LogP contribution is 2.28. The molecule has 0 spiro atoms. The summed E-state index contributed by atoms with van der Waals surface area (Å²) in [5.41, 5.74) is 0.794. The van der Waals surface area contributed by atoms with Crippen LogP contribution < -0.4 is 14.8 Å². The number of carbonyl (C=O) groups excluding carboxylic acids is 1. The van der Waals surface area contributed by atoms with Crippen LogP contribution in [-0.2, 0) is 4.79 Å². The number of ketones is 1. The molecule has 0 aromatic heterocycles. The number of hydrogen-bond donors (Lipinski definition) is 2. The summed E-state index contributed by atoms with van der Waals surface area (Å²) in [5, 5.41) is 13.2. The lowest BCUT2D eigenvalue weighted by Crippen LogP contribution is -2.42. The first kappa shape index (κ1) is 19.2. The number of carbonyl (C=O) groups is 1. The minimum absolute atomic E-state index is 0.0150. The molecule has 0 unspecified atom stereocenters.